The van der Waals surface area contributed by atoms with Gasteiger partial charge in [0.2, 0.25) is 0 Å². The lowest BCUT2D eigenvalue weighted by Crippen LogP contribution is -2.75. The van der Waals surface area contributed by atoms with Gasteiger partial charge in [0, 0.05) is 43.1 Å². The summed E-state index contributed by atoms with van der Waals surface area (Å²) in [7, 11) is -3.13. The van der Waals surface area contributed by atoms with Crippen LogP contribution in [0.25, 0.3) is 16.6 Å². The molecular formula is C18H20BN3O3S. The number of fused-ring (bicyclic) bond motifs is 3. The Balaban J connectivity index is 1.35. The molecule has 2 aromatic rings. The number of rotatable bonds is 4. The van der Waals surface area contributed by atoms with Gasteiger partial charge in [-0.2, -0.15) is 0 Å². The molecule has 0 aromatic carbocycles. The van der Waals surface area contributed by atoms with Gasteiger partial charge in [0.1, 0.15) is 11.4 Å². The molecule has 2 aromatic heterocycles. The van der Waals surface area contributed by atoms with E-state index in [0.29, 0.717) is 5.75 Å². The highest BCUT2D eigenvalue weighted by Gasteiger charge is 2.70. The van der Waals surface area contributed by atoms with Gasteiger partial charge in [-0.15, -0.1) is 0 Å². The molecule has 0 amide bonds. The van der Waals surface area contributed by atoms with Crippen molar-refractivity contribution in [2.45, 2.75) is 42.9 Å². The molecule has 2 bridgehead atoms. The molecule has 3 heterocycles. The van der Waals surface area contributed by atoms with Crippen LogP contribution in [-0.2, 0) is 9.71 Å². The number of hydrogen-bond acceptors (Lipinski definition) is 4. The highest BCUT2D eigenvalue weighted by molar-refractivity contribution is 7.99. The molecule has 1 atom stereocenters. The van der Waals surface area contributed by atoms with E-state index in [9.17, 15) is 9.23 Å². The predicted molar refractivity (Wildman–Crippen MR) is 103 cm³/mol. The molecule has 4 aliphatic carbocycles. The van der Waals surface area contributed by atoms with E-state index in [1.165, 1.54) is 0 Å². The van der Waals surface area contributed by atoms with Crippen LogP contribution < -0.4 is 9.38 Å². The smallest absolute Gasteiger partial charge is 0.531 e. The largest absolute Gasteiger partial charge is 0.552 e. The van der Waals surface area contributed by atoms with Crippen LogP contribution in [0.5, 0.6) is 5.75 Å². The molecule has 6 nitrogen and oxygen atoms in total. The summed E-state index contributed by atoms with van der Waals surface area (Å²) >= 11 is 0. The van der Waals surface area contributed by atoms with Crippen molar-refractivity contribution in [1.29, 1.82) is 0 Å². The maximum absolute atomic E-state index is 12.7. The second-order valence-corrected chi connectivity index (χ2v) is 10.8. The first kappa shape index (κ1) is 15.3. The number of pyridine rings is 1. The van der Waals surface area contributed by atoms with Crippen LogP contribution in [0.15, 0.2) is 24.4 Å². The summed E-state index contributed by atoms with van der Waals surface area (Å²) in [5.41, 5.74) is 2.98. The summed E-state index contributed by atoms with van der Waals surface area (Å²) in [6.07, 6.45) is 8.41. The van der Waals surface area contributed by atoms with Gasteiger partial charge in [-0.3, -0.25) is 4.21 Å². The molecule has 4 saturated carbocycles. The fourth-order valence-corrected chi connectivity index (χ4v) is 7.28. The van der Waals surface area contributed by atoms with Crippen LogP contribution in [0, 0.1) is 5.41 Å². The summed E-state index contributed by atoms with van der Waals surface area (Å²) < 4.78 is 21.7. The lowest BCUT2D eigenvalue weighted by Gasteiger charge is -2.72. The minimum absolute atomic E-state index is 0.0249. The van der Waals surface area contributed by atoms with Crippen LogP contribution in [0.3, 0.4) is 0 Å². The molecule has 3 N–H and O–H groups in total. The van der Waals surface area contributed by atoms with Gasteiger partial charge in [-0.25, -0.2) is 9.71 Å². The molecule has 7 rings (SSSR count). The zero-order chi connectivity index (χ0) is 17.7. The maximum Gasteiger partial charge on any atom is 0.552 e. The molecular weight excluding hydrogens is 349 g/mol. The van der Waals surface area contributed by atoms with Gasteiger partial charge in [0.25, 0.3) is 0 Å². The first-order valence-corrected chi connectivity index (χ1v) is 10.9. The van der Waals surface area contributed by atoms with Crippen molar-refractivity contribution in [1.82, 2.24) is 14.7 Å². The summed E-state index contributed by atoms with van der Waals surface area (Å²) in [6, 6.07) is 2.01. The minimum atomic E-state index is -2.18. The van der Waals surface area contributed by atoms with Gasteiger partial charge in [0.05, 0.1) is 6.20 Å². The van der Waals surface area contributed by atoms with Gasteiger partial charge in [-0.05, 0) is 55.6 Å². The number of hydrogen-bond donors (Lipinski definition) is 3. The van der Waals surface area contributed by atoms with E-state index >= 15 is 0 Å². The van der Waals surface area contributed by atoms with E-state index < -0.39 is 16.8 Å². The average Bonchev–Trinajstić information content (AvgIpc) is 3.27. The van der Waals surface area contributed by atoms with Crippen molar-refractivity contribution in [2.75, 3.05) is 0 Å². The molecule has 5 aliphatic rings. The van der Waals surface area contributed by atoms with Crippen molar-refractivity contribution >= 4 is 39.3 Å². The normalized spacial score (nSPS) is 34.2. The quantitative estimate of drug-likeness (QED) is 0.565. The van der Waals surface area contributed by atoms with Crippen molar-refractivity contribution < 1.29 is 13.9 Å². The Morgan fingerprint density at radius 3 is 2.92 bits per heavy atom. The van der Waals surface area contributed by atoms with E-state index in [-0.39, 0.29) is 16.2 Å². The van der Waals surface area contributed by atoms with E-state index in [2.05, 4.69) is 20.6 Å². The molecule has 0 spiro atoms. The third-order valence-electron chi connectivity index (χ3n) is 6.43. The van der Waals surface area contributed by atoms with Crippen molar-refractivity contribution in [3.8, 4) is 5.75 Å². The molecule has 1 unspecified atom stereocenters. The Morgan fingerprint density at radius 2 is 2.19 bits per heavy atom. The molecule has 1 aliphatic heterocycles. The van der Waals surface area contributed by atoms with Crippen molar-refractivity contribution in [2.24, 2.45) is 5.41 Å². The summed E-state index contributed by atoms with van der Waals surface area (Å²) in [4.78, 5) is 7.52. The molecule has 0 radical (unpaired) electrons. The first-order valence-electron chi connectivity index (χ1n) is 9.08. The molecule has 26 heavy (non-hydrogen) atoms. The fourth-order valence-electron chi connectivity index (χ4n) is 5.27. The topological polar surface area (TPSA) is 87.2 Å². The zero-order valence-corrected chi connectivity index (χ0v) is 15.1. The average molecular weight is 369 g/mol. The number of nitrogens with zero attached hydrogens (tertiary/aromatic N) is 1. The minimum Gasteiger partial charge on any atom is -0.531 e. The first-order chi connectivity index (χ1) is 12.4. The maximum atomic E-state index is 12.7. The number of H-pyrrole nitrogens is 1. The number of aromatic amines is 1. The van der Waals surface area contributed by atoms with E-state index in [0.717, 1.165) is 54.3 Å². The van der Waals surface area contributed by atoms with Crippen molar-refractivity contribution in [3.63, 3.8) is 0 Å². The predicted octanol–water partition coefficient (Wildman–Crippen LogP) is 1.66. The van der Waals surface area contributed by atoms with Crippen LogP contribution in [0.1, 0.15) is 37.7 Å². The fraction of sp³-hybridized carbons (Fsp3) is 0.444. The van der Waals surface area contributed by atoms with E-state index in [1.54, 1.807) is 6.20 Å². The summed E-state index contributed by atoms with van der Waals surface area (Å²) in [5, 5.41) is 11.4. The highest BCUT2D eigenvalue weighted by Crippen LogP contribution is 2.73. The van der Waals surface area contributed by atoms with Gasteiger partial charge >= 0.3 is 7.12 Å². The Bertz CT molecular complexity index is 1070. The molecule has 8 heteroatoms. The van der Waals surface area contributed by atoms with E-state index in [1.807, 2.05) is 18.2 Å². The number of allylic oxidation sites excluding steroid dienone is 1. The van der Waals surface area contributed by atoms with Gasteiger partial charge in [-0.1, -0.05) is 0 Å². The zero-order valence-electron chi connectivity index (χ0n) is 14.3. The van der Waals surface area contributed by atoms with Crippen LogP contribution in [0.2, 0.25) is 0 Å². The molecule has 4 fully saturated rings. The molecule has 134 valence electrons. The standard InChI is InChI=1S/C18H20BN3O3S/c1-26(24,11-2-3-11)22-18-8-17(9-18,10-18)13-6-19(23)25-14-7-21-16-12(15(13)14)4-5-20-16/h4-7,11,23H,1-3,8-10H2,(H,20,21)(H,22,24). The Morgan fingerprint density at radius 1 is 1.42 bits per heavy atom. The Labute approximate surface area is 152 Å². The lowest BCUT2D eigenvalue weighted by atomic mass is 9.36. The number of nitrogens with one attached hydrogen (secondary N) is 2. The number of aromatic nitrogens is 2. The van der Waals surface area contributed by atoms with Crippen LogP contribution in [-0.4, -0.2) is 43.0 Å². The second kappa shape index (κ2) is 4.55. The third-order valence-corrected chi connectivity index (χ3v) is 8.76. The Hall–Kier alpha value is -1.77. The summed E-state index contributed by atoms with van der Waals surface area (Å²) in [6.45, 7) is 0. The lowest BCUT2D eigenvalue weighted by molar-refractivity contribution is -0.0918. The highest BCUT2D eigenvalue weighted by atomic mass is 32.2. The van der Waals surface area contributed by atoms with Gasteiger partial charge < -0.3 is 14.7 Å². The third kappa shape index (κ3) is 1.92. The van der Waals surface area contributed by atoms with Gasteiger partial charge in [0.15, 0.2) is 0 Å². The Kier molecular flexibility index (Phi) is 2.68. The van der Waals surface area contributed by atoms with Crippen LogP contribution >= 0.6 is 0 Å². The monoisotopic (exact) mass is 369 g/mol. The van der Waals surface area contributed by atoms with Crippen LogP contribution in [0.4, 0.5) is 0 Å². The summed E-state index contributed by atoms with van der Waals surface area (Å²) in [5.74, 6) is 6.44. The van der Waals surface area contributed by atoms with Crippen molar-refractivity contribution in [3.05, 3.63) is 30.0 Å². The van der Waals surface area contributed by atoms with E-state index in [4.69, 9.17) is 4.65 Å². The SMILES string of the molecule is C=S(=O)(NC12CC(C3=CB(O)Oc4cnc5[nH]ccc5c43)(C1)C2)C1CC1. The molecule has 0 saturated heterocycles. The second-order valence-electron chi connectivity index (χ2n) is 8.44.